The third-order valence-electron chi connectivity index (χ3n) is 1.53. The van der Waals surface area contributed by atoms with Gasteiger partial charge in [-0.05, 0) is 0 Å². The average molecular weight is 216 g/mol. The average Bonchev–Trinajstić information content (AvgIpc) is 2.18. The first kappa shape index (κ1) is 20.0. The van der Waals surface area contributed by atoms with Gasteiger partial charge in [-0.25, -0.2) is 0 Å². The molecule has 0 aromatic rings. The van der Waals surface area contributed by atoms with Crippen molar-refractivity contribution in [2.24, 2.45) is 0 Å². The molecule has 0 heterocycles. The van der Waals surface area contributed by atoms with Gasteiger partial charge in [0.2, 0.25) is 0 Å². The SMILES string of the molecule is CCCCCC.CC[O-].C[CH2][Al+][CH2]C. The first-order valence-electron chi connectivity index (χ1n) is 6.14. The summed E-state index contributed by atoms with van der Waals surface area (Å²) < 4.78 is 0. The van der Waals surface area contributed by atoms with Gasteiger partial charge in [-0.1, -0.05) is 46.5 Å². The van der Waals surface area contributed by atoms with Crippen LogP contribution < -0.4 is 5.11 Å². The summed E-state index contributed by atoms with van der Waals surface area (Å²) in [4.78, 5) is 0. The molecule has 0 spiro atoms. The molecule has 0 aromatic carbocycles. The minimum atomic E-state index is 0. The maximum absolute atomic E-state index is 8.93. The van der Waals surface area contributed by atoms with E-state index in [-0.39, 0.29) is 6.61 Å². The summed E-state index contributed by atoms with van der Waals surface area (Å²) in [6, 6.07) is 0. The zero-order valence-corrected chi connectivity index (χ0v) is 12.1. The topological polar surface area (TPSA) is 23.1 Å². The van der Waals surface area contributed by atoms with Crippen LogP contribution in [0.5, 0.6) is 0 Å². The second kappa shape index (κ2) is 29.2. The third-order valence-corrected chi connectivity index (χ3v) is 2.69. The van der Waals surface area contributed by atoms with Crippen molar-refractivity contribution in [2.45, 2.75) is 70.9 Å². The molecule has 0 aliphatic heterocycles. The third kappa shape index (κ3) is 54.7. The van der Waals surface area contributed by atoms with Gasteiger partial charge in [-0.3, -0.25) is 0 Å². The fraction of sp³-hybridized carbons (Fsp3) is 1.00. The van der Waals surface area contributed by atoms with Crippen LogP contribution in [0.2, 0.25) is 10.6 Å². The van der Waals surface area contributed by atoms with Crippen molar-refractivity contribution in [2.75, 3.05) is 6.61 Å². The van der Waals surface area contributed by atoms with Gasteiger partial charge in [-0.2, -0.15) is 0 Å². The molecule has 1 nitrogen and oxygen atoms in total. The molecule has 0 aromatic heterocycles. The van der Waals surface area contributed by atoms with Crippen LogP contribution in [0.1, 0.15) is 60.3 Å². The summed E-state index contributed by atoms with van der Waals surface area (Å²) in [7, 11) is 0. The van der Waals surface area contributed by atoms with Gasteiger partial charge in [-0.15, -0.1) is 6.61 Å². The Morgan fingerprint density at radius 3 is 1.14 bits per heavy atom. The molecular weight excluding hydrogens is 187 g/mol. The molecule has 86 valence electrons. The molecule has 0 bridgehead atoms. The Bertz CT molecular complexity index is 52.3. The van der Waals surface area contributed by atoms with E-state index in [4.69, 9.17) is 5.11 Å². The van der Waals surface area contributed by atoms with Crippen LogP contribution in [0.3, 0.4) is 0 Å². The number of hydrogen-bond acceptors (Lipinski definition) is 1. The van der Waals surface area contributed by atoms with Gasteiger partial charge in [0.25, 0.3) is 0 Å². The molecule has 0 saturated heterocycles. The van der Waals surface area contributed by atoms with E-state index in [1.54, 1.807) is 6.92 Å². The Morgan fingerprint density at radius 1 is 0.786 bits per heavy atom. The van der Waals surface area contributed by atoms with Crippen LogP contribution in [-0.2, 0) is 0 Å². The second-order valence-electron chi connectivity index (χ2n) is 3.10. The molecule has 0 rings (SSSR count). The molecule has 0 fully saturated rings. The van der Waals surface area contributed by atoms with E-state index in [0.717, 1.165) is 15.2 Å². The first-order valence-corrected chi connectivity index (χ1v) is 7.77. The van der Waals surface area contributed by atoms with E-state index in [1.165, 1.54) is 36.2 Å². The van der Waals surface area contributed by atoms with E-state index in [2.05, 4.69) is 27.7 Å². The van der Waals surface area contributed by atoms with Gasteiger partial charge in [0.1, 0.15) is 0 Å². The molecule has 14 heavy (non-hydrogen) atoms. The fourth-order valence-electron chi connectivity index (χ4n) is 0.789. The summed E-state index contributed by atoms with van der Waals surface area (Å²) >= 11 is 0.815. The summed E-state index contributed by atoms with van der Waals surface area (Å²) in [6.45, 7) is 10.5. The monoisotopic (exact) mass is 216 g/mol. The first-order chi connectivity index (χ1) is 6.74. The van der Waals surface area contributed by atoms with Gasteiger partial charge >= 0.3 is 39.6 Å². The molecule has 0 aliphatic rings. The van der Waals surface area contributed by atoms with Crippen molar-refractivity contribution < 1.29 is 5.11 Å². The van der Waals surface area contributed by atoms with E-state index in [1.807, 2.05) is 0 Å². The van der Waals surface area contributed by atoms with Gasteiger partial charge in [0.05, 0.1) is 0 Å². The normalized spacial score (nSPS) is 7.57. The molecule has 0 N–H and O–H groups in total. The van der Waals surface area contributed by atoms with E-state index >= 15 is 0 Å². The van der Waals surface area contributed by atoms with Crippen LogP contribution in [0.4, 0.5) is 0 Å². The van der Waals surface area contributed by atoms with E-state index < -0.39 is 0 Å². The molecule has 0 aliphatic carbocycles. The van der Waals surface area contributed by atoms with Crippen molar-refractivity contribution in [3.05, 3.63) is 0 Å². The Kier molecular flexibility index (Phi) is 41.7. The van der Waals surface area contributed by atoms with Crippen molar-refractivity contribution >= 4 is 15.2 Å². The summed E-state index contributed by atoms with van der Waals surface area (Å²) in [5.74, 6) is 0. The molecule has 0 atom stereocenters. The minimum absolute atomic E-state index is 0. The predicted octanol–water partition coefficient (Wildman–Crippen LogP) is 3.52. The standard InChI is InChI=1S/C6H14.C2H5O.2C2H5.Al/c1-3-5-6-4-2;1-2-3;2*1-2;/h3-6H2,1-2H3;2H2,1H3;2*1H2,2H3;/q;-1;;;+1. The van der Waals surface area contributed by atoms with Gasteiger partial charge in [0, 0.05) is 0 Å². The summed E-state index contributed by atoms with van der Waals surface area (Å²) in [5, 5.41) is 11.8. The molecule has 0 saturated carbocycles. The van der Waals surface area contributed by atoms with Gasteiger partial charge in [0.15, 0.2) is 0 Å². The van der Waals surface area contributed by atoms with Crippen molar-refractivity contribution in [1.82, 2.24) is 0 Å². The zero-order chi connectivity index (χ0) is 11.7. The molecule has 0 radical (unpaired) electrons. The molecule has 0 unspecified atom stereocenters. The Morgan fingerprint density at radius 2 is 1.07 bits per heavy atom. The molecule has 0 amide bonds. The maximum atomic E-state index is 8.93. The van der Waals surface area contributed by atoms with Crippen LogP contribution >= 0.6 is 0 Å². The van der Waals surface area contributed by atoms with Crippen molar-refractivity contribution in [3.8, 4) is 0 Å². The van der Waals surface area contributed by atoms with Crippen LogP contribution in [-0.4, -0.2) is 21.8 Å². The van der Waals surface area contributed by atoms with Crippen molar-refractivity contribution in [3.63, 3.8) is 0 Å². The Labute approximate surface area is 98.0 Å². The summed E-state index contributed by atoms with van der Waals surface area (Å²) in [5.41, 5.74) is 0. The fourth-order valence-corrected chi connectivity index (χ4v) is 1.37. The molecular formula is C12H29AlO. The number of hydrogen-bond donors (Lipinski definition) is 0. The van der Waals surface area contributed by atoms with Crippen LogP contribution in [0.15, 0.2) is 0 Å². The van der Waals surface area contributed by atoms with E-state index in [9.17, 15) is 0 Å². The molecule has 2 heteroatoms. The number of unbranched alkanes of at least 4 members (excludes halogenated alkanes) is 3. The van der Waals surface area contributed by atoms with Gasteiger partial charge < -0.3 is 5.11 Å². The number of rotatable bonds is 5. The van der Waals surface area contributed by atoms with Crippen molar-refractivity contribution in [1.29, 1.82) is 0 Å². The summed E-state index contributed by atoms with van der Waals surface area (Å²) in [6.07, 6.45) is 5.54. The second-order valence-corrected chi connectivity index (χ2v) is 5.31. The Hall–Kier alpha value is 0.492. The zero-order valence-electron chi connectivity index (χ0n) is 10.9. The van der Waals surface area contributed by atoms with Crippen LogP contribution in [0, 0.1) is 0 Å². The van der Waals surface area contributed by atoms with Crippen LogP contribution in [0.25, 0.3) is 0 Å². The predicted molar refractivity (Wildman–Crippen MR) is 67.1 cm³/mol. The quantitative estimate of drug-likeness (QED) is 0.509. The Balaban J connectivity index is -0.000000138. The van der Waals surface area contributed by atoms with E-state index in [0.29, 0.717) is 0 Å².